The summed E-state index contributed by atoms with van der Waals surface area (Å²) in [5, 5.41) is 5.27. The fourth-order valence-electron chi connectivity index (χ4n) is 2.04. The minimum absolute atomic E-state index is 0.169. The van der Waals surface area contributed by atoms with Crippen LogP contribution in [0.2, 0.25) is 0 Å². The molecule has 6 heteroatoms. The van der Waals surface area contributed by atoms with Crippen molar-refractivity contribution in [2.24, 2.45) is 0 Å². The minimum atomic E-state index is -0.169. The van der Waals surface area contributed by atoms with E-state index < -0.39 is 0 Å². The molecule has 23 heavy (non-hydrogen) atoms. The van der Waals surface area contributed by atoms with E-state index in [4.69, 9.17) is 0 Å². The first-order valence-electron chi connectivity index (χ1n) is 7.09. The lowest BCUT2D eigenvalue weighted by atomic mass is 10.2. The van der Waals surface area contributed by atoms with Gasteiger partial charge in [0.2, 0.25) is 0 Å². The van der Waals surface area contributed by atoms with Crippen LogP contribution >= 0.6 is 11.3 Å². The zero-order valence-corrected chi connectivity index (χ0v) is 13.7. The normalized spacial score (nSPS) is 10.3. The van der Waals surface area contributed by atoms with Crippen LogP contribution in [0.5, 0.6) is 0 Å². The van der Waals surface area contributed by atoms with Crippen LogP contribution in [0, 0.1) is 0 Å². The summed E-state index contributed by atoms with van der Waals surface area (Å²) in [6.07, 6.45) is 1.72. The van der Waals surface area contributed by atoms with Crippen molar-refractivity contribution in [3.63, 3.8) is 0 Å². The second-order valence-corrected chi connectivity index (χ2v) is 6.01. The first-order valence-corrected chi connectivity index (χ1v) is 7.97. The second kappa shape index (κ2) is 6.58. The number of carbonyl (C=O) groups is 1. The lowest BCUT2D eigenvalue weighted by molar-refractivity contribution is 0.102. The summed E-state index contributed by atoms with van der Waals surface area (Å²) in [5.41, 5.74) is 3.20. The Bertz CT molecular complexity index is 797. The van der Waals surface area contributed by atoms with Gasteiger partial charge in [-0.25, -0.2) is 4.98 Å². The maximum absolute atomic E-state index is 12.3. The fourth-order valence-corrected chi connectivity index (χ4v) is 2.74. The largest absolute Gasteiger partial charge is 0.378 e. The van der Waals surface area contributed by atoms with Gasteiger partial charge < -0.3 is 4.90 Å². The van der Waals surface area contributed by atoms with Gasteiger partial charge in [-0.15, -0.1) is 11.3 Å². The molecule has 2 heterocycles. The zero-order chi connectivity index (χ0) is 16.2. The summed E-state index contributed by atoms with van der Waals surface area (Å²) in [6, 6.07) is 13.1. The van der Waals surface area contributed by atoms with Gasteiger partial charge in [0, 0.05) is 36.9 Å². The summed E-state index contributed by atoms with van der Waals surface area (Å²) in [5.74, 6) is -0.169. The predicted molar refractivity (Wildman–Crippen MR) is 94.1 cm³/mol. The predicted octanol–water partition coefficient (Wildman–Crippen LogP) is 3.52. The third-order valence-electron chi connectivity index (χ3n) is 3.30. The number of pyridine rings is 1. The monoisotopic (exact) mass is 324 g/mol. The van der Waals surface area contributed by atoms with Crippen LogP contribution in [-0.4, -0.2) is 30.0 Å². The number of aromatic nitrogens is 2. The molecular formula is C17H16N4OS. The molecule has 1 N–H and O–H groups in total. The number of nitrogens with one attached hydrogen (secondary N) is 1. The van der Waals surface area contributed by atoms with Crippen molar-refractivity contribution < 1.29 is 4.79 Å². The van der Waals surface area contributed by atoms with Gasteiger partial charge in [0.1, 0.15) is 5.69 Å². The Morgan fingerprint density at radius 1 is 1.09 bits per heavy atom. The van der Waals surface area contributed by atoms with E-state index in [1.807, 2.05) is 54.7 Å². The number of nitrogens with zero attached hydrogens (tertiary/aromatic N) is 3. The van der Waals surface area contributed by atoms with E-state index in [1.165, 1.54) is 11.3 Å². The molecule has 3 aromatic rings. The van der Waals surface area contributed by atoms with Crippen molar-refractivity contribution in [3.8, 4) is 11.4 Å². The van der Waals surface area contributed by atoms with Crippen molar-refractivity contribution in [2.75, 3.05) is 24.3 Å². The van der Waals surface area contributed by atoms with Crippen molar-refractivity contribution in [1.82, 2.24) is 9.97 Å². The van der Waals surface area contributed by atoms with Crippen molar-refractivity contribution in [1.29, 1.82) is 0 Å². The average Bonchev–Trinajstić information content (AvgIpc) is 3.04. The minimum Gasteiger partial charge on any atom is -0.378 e. The average molecular weight is 324 g/mol. The Morgan fingerprint density at radius 2 is 1.87 bits per heavy atom. The molecule has 1 aromatic carbocycles. The maximum Gasteiger partial charge on any atom is 0.257 e. The van der Waals surface area contributed by atoms with Gasteiger partial charge in [0.25, 0.3) is 5.91 Å². The lowest BCUT2D eigenvalue weighted by Crippen LogP contribution is -2.13. The summed E-state index contributed by atoms with van der Waals surface area (Å²) < 4.78 is 0. The lowest BCUT2D eigenvalue weighted by Gasteiger charge is -2.12. The molecule has 0 spiro atoms. The topological polar surface area (TPSA) is 58.1 Å². The fraction of sp³-hybridized carbons (Fsp3) is 0.118. The molecular weight excluding hydrogens is 308 g/mol. The van der Waals surface area contributed by atoms with E-state index in [2.05, 4.69) is 15.3 Å². The van der Waals surface area contributed by atoms with Crippen LogP contribution in [0.25, 0.3) is 11.4 Å². The van der Waals surface area contributed by atoms with E-state index in [0.717, 1.165) is 17.1 Å². The molecule has 0 aliphatic heterocycles. The molecule has 5 nitrogen and oxygen atoms in total. The Morgan fingerprint density at radius 3 is 2.52 bits per heavy atom. The SMILES string of the molecule is CN(C)c1ccc(C(=O)Nc2nc(-c3ccccn3)cs2)cc1. The highest BCUT2D eigenvalue weighted by molar-refractivity contribution is 7.14. The summed E-state index contributed by atoms with van der Waals surface area (Å²) >= 11 is 1.38. The summed E-state index contributed by atoms with van der Waals surface area (Å²) in [4.78, 5) is 22.9. The number of hydrogen-bond acceptors (Lipinski definition) is 5. The van der Waals surface area contributed by atoms with Crippen molar-refractivity contribution >= 4 is 28.1 Å². The first-order chi connectivity index (χ1) is 11.1. The van der Waals surface area contributed by atoms with Crippen LogP contribution in [0.1, 0.15) is 10.4 Å². The van der Waals surface area contributed by atoms with E-state index in [-0.39, 0.29) is 5.91 Å². The molecule has 1 amide bonds. The van der Waals surface area contributed by atoms with Gasteiger partial charge in [-0.1, -0.05) is 6.07 Å². The van der Waals surface area contributed by atoms with E-state index in [1.54, 1.807) is 18.3 Å². The van der Waals surface area contributed by atoms with Gasteiger partial charge in [-0.2, -0.15) is 0 Å². The molecule has 3 rings (SSSR count). The Balaban J connectivity index is 1.72. The van der Waals surface area contributed by atoms with Gasteiger partial charge in [-0.05, 0) is 36.4 Å². The highest BCUT2D eigenvalue weighted by Gasteiger charge is 2.10. The first kappa shape index (κ1) is 15.2. The van der Waals surface area contributed by atoms with E-state index >= 15 is 0 Å². The van der Waals surface area contributed by atoms with Crippen LogP contribution < -0.4 is 10.2 Å². The molecule has 0 atom stereocenters. The van der Waals surface area contributed by atoms with Crippen LogP contribution in [0.4, 0.5) is 10.8 Å². The summed E-state index contributed by atoms with van der Waals surface area (Å²) in [7, 11) is 3.92. The number of hydrogen-bond donors (Lipinski definition) is 1. The van der Waals surface area contributed by atoms with Crippen molar-refractivity contribution in [3.05, 3.63) is 59.6 Å². The van der Waals surface area contributed by atoms with Gasteiger partial charge in [0.05, 0.1) is 5.69 Å². The standard InChI is InChI=1S/C17H16N4OS/c1-21(2)13-8-6-12(7-9-13)16(22)20-17-19-15(11-23-17)14-5-3-4-10-18-14/h3-11H,1-2H3,(H,19,20,22). The number of amides is 1. The number of anilines is 2. The molecule has 0 bridgehead atoms. The third-order valence-corrected chi connectivity index (χ3v) is 4.06. The Labute approximate surface area is 138 Å². The number of benzene rings is 1. The van der Waals surface area contributed by atoms with Gasteiger partial charge in [-0.3, -0.25) is 15.1 Å². The summed E-state index contributed by atoms with van der Waals surface area (Å²) in [6.45, 7) is 0. The van der Waals surface area contributed by atoms with Crippen LogP contribution in [0.3, 0.4) is 0 Å². The van der Waals surface area contributed by atoms with Gasteiger partial charge in [0.15, 0.2) is 5.13 Å². The van der Waals surface area contributed by atoms with Gasteiger partial charge >= 0.3 is 0 Å². The highest BCUT2D eigenvalue weighted by atomic mass is 32.1. The van der Waals surface area contributed by atoms with E-state index in [0.29, 0.717) is 10.7 Å². The number of carbonyl (C=O) groups excluding carboxylic acids is 1. The smallest absolute Gasteiger partial charge is 0.257 e. The highest BCUT2D eigenvalue weighted by Crippen LogP contribution is 2.23. The molecule has 0 aliphatic rings. The maximum atomic E-state index is 12.3. The number of rotatable bonds is 4. The molecule has 116 valence electrons. The zero-order valence-electron chi connectivity index (χ0n) is 12.9. The second-order valence-electron chi connectivity index (χ2n) is 5.15. The van der Waals surface area contributed by atoms with Crippen molar-refractivity contribution in [2.45, 2.75) is 0 Å². The third kappa shape index (κ3) is 3.54. The molecule has 0 radical (unpaired) electrons. The van der Waals surface area contributed by atoms with E-state index in [9.17, 15) is 4.79 Å². The van der Waals surface area contributed by atoms with Crippen LogP contribution in [-0.2, 0) is 0 Å². The Kier molecular flexibility index (Phi) is 4.34. The molecule has 0 saturated carbocycles. The quantitative estimate of drug-likeness (QED) is 0.798. The number of thiazole rings is 1. The molecule has 0 aliphatic carbocycles. The molecule has 0 unspecified atom stereocenters. The molecule has 2 aromatic heterocycles. The Hall–Kier alpha value is -2.73. The molecule has 0 saturated heterocycles. The van der Waals surface area contributed by atoms with Crippen LogP contribution in [0.15, 0.2) is 54.0 Å². The molecule has 0 fully saturated rings.